The molecule has 0 heterocycles. The fourth-order valence-electron chi connectivity index (χ4n) is 1.52. The third kappa shape index (κ3) is 4.98. The van der Waals surface area contributed by atoms with Crippen molar-refractivity contribution in [1.82, 2.24) is 4.90 Å². The highest BCUT2D eigenvalue weighted by Gasteiger charge is 2.22. The van der Waals surface area contributed by atoms with Crippen LogP contribution in [0.1, 0.15) is 34.1 Å². The third-order valence-corrected chi connectivity index (χ3v) is 2.27. The Hall–Kier alpha value is -0.830. The van der Waals surface area contributed by atoms with Crippen molar-refractivity contribution in [2.24, 2.45) is 11.7 Å². The van der Waals surface area contributed by atoms with Gasteiger partial charge in [0.05, 0.1) is 6.04 Å². The second kappa shape index (κ2) is 6.62. The van der Waals surface area contributed by atoms with Gasteiger partial charge >= 0.3 is 0 Å². The lowest BCUT2D eigenvalue weighted by molar-refractivity contribution is -0.134. The summed E-state index contributed by atoms with van der Waals surface area (Å²) >= 11 is 0. The zero-order chi connectivity index (χ0) is 12.0. The van der Waals surface area contributed by atoms with E-state index in [1.165, 1.54) is 0 Å². The lowest BCUT2D eigenvalue weighted by Crippen LogP contribution is -2.47. The Balaban J connectivity index is 4.41. The molecule has 0 fully saturated rings. The molecule has 0 aliphatic heterocycles. The first kappa shape index (κ1) is 14.2. The third-order valence-electron chi connectivity index (χ3n) is 2.27. The summed E-state index contributed by atoms with van der Waals surface area (Å²) in [6.07, 6.45) is 2.47. The zero-order valence-electron chi connectivity index (χ0n) is 10.4. The van der Waals surface area contributed by atoms with E-state index in [0.29, 0.717) is 12.5 Å². The Kier molecular flexibility index (Phi) is 6.25. The van der Waals surface area contributed by atoms with Crippen LogP contribution in [0.5, 0.6) is 0 Å². The Morgan fingerprint density at radius 3 is 2.27 bits per heavy atom. The van der Waals surface area contributed by atoms with Crippen molar-refractivity contribution in [2.45, 2.75) is 46.2 Å². The van der Waals surface area contributed by atoms with Crippen LogP contribution in [-0.4, -0.2) is 29.4 Å². The minimum atomic E-state index is -0.382. The minimum absolute atomic E-state index is 0.0265. The summed E-state index contributed by atoms with van der Waals surface area (Å²) in [5.41, 5.74) is 5.86. The highest BCUT2D eigenvalue weighted by molar-refractivity contribution is 5.82. The molecule has 0 aromatic rings. The molecule has 1 unspecified atom stereocenters. The van der Waals surface area contributed by atoms with Gasteiger partial charge in [0.2, 0.25) is 5.91 Å². The minimum Gasteiger partial charge on any atom is -0.335 e. The Bertz CT molecular complexity index is 212. The van der Waals surface area contributed by atoms with Crippen molar-refractivity contribution < 1.29 is 4.79 Å². The fourth-order valence-corrected chi connectivity index (χ4v) is 1.52. The summed E-state index contributed by atoms with van der Waals surface area (Å²) in [5, 5.41) is 0. The van der Waals surface area contributed by atoms with Gasteiger partial charge in [-0.1, -0.05) is 19.9 Å². The monoisotopic (exact) mass is 212 g/mol. The number of amides is 1. The van der Waals surface area contributed by atoms with Gasteiger partial charge in [-0.2, -0.15) is 0 Å². The molecule has 1 atom stereocenters. The zero-order valence-corrected chi connectivity index (χ0v) is 10.4. The molecule has 1 amide bonds. The largest absolute Gasteiger partial charge is 0.335 e. The molecule has 3 nitrogen and oxygen atoms in total. The lowest BCUT2D eigenvalue weighted by atomic mass is 10.0. The number of hydrogen-bond donors (Lipinski definition) is 1. The van der Waals surface area contributed by atoms with Crippen LogP contribution in [-0.2, 0) is 4.79 Å². The van der Waals surface area contributed by atoms with Crippen LogP contribution in [0.15, 0.2) is 12.7 Å². The summed E-state index contributed by atoms with van der Waals surface area (Å²) in [5.74, 6) is 0.472. The molecule has 0 spiro atoms. The van der Waals surface area contributed by atoms with Crippen molar-refractivity contribution in [3.63, 3.8) is 0 Å². The van der Waals surface area contributed by atoms with Crippen molar-refractivity contribution in [3.05, 3.63) is 12.7 Å². The molecular formula is C12H24N2O. The van der Waals surface area contributed by atoms with Gasteiger partial charge in [0.15, 0.2) is 0 Å². The molecule has 2 N–H and O–H groups in total. The SMILES string of the molecule is C=CCN(C(=O)C(N)CC(C)C)C(C)C. The molecule has 0 aliphatic rings. The van der Waals surface area contributed by atoms with Gasteiger partial charge in [0.1, 0.15) is 0 Å². The van der Waals surface area contributed by atoms with E-state index in [-0.39, 0.29) is 18.0 Å². The van der Waals surface area contributed by atoms with Gasteiger partial charge < -0.3 is 10.6 Å². The standard InChI is InChI=1S/C12H24N2O/c1-6-7-14(10(4)5)12(15)11(13)8-9(2)3/h6,9-11H,1,7-8,13H2,2-5H3. The van der Waals surface area contributed by atoms with Gasteiger partial charge in [-0.25, -0.2) is 0 Å². The summed E-state index contributed by atoms with van der Waals surface area (Å²) in [6.45, 7) is 12.3. The number of nitrogens with two attached hydrogens (primary N) is 1. The van der Waals surface area contributed by atoms with Crippen LogP contribution in [0.2, 0.25) is 0 Å². The Morgan fingerprint density at radius 2 is 1.93 bits per heavy atom. The molecule has 15 heavy (non-hydrogen) atoms. The summed E-state index contributed by atoms with van der Waals surface area (Å²) in [6, 6.07) is -0.207. The van der Waals surface area contributed by atoms with Crippen LogP contribution < -0.4 is 5.73 Å². The van der Waals surface area contributed by atoms with E-state index in [4.69, 9.17) is 5.73 Å². The number of hydrogen-bond acceptors (Lipinski definition) is 2. The lowest BCUT2D eigenvalue weighted by Gasteiger charge is -2.28. The molecule has 0 radical (unpaired) electrons. The second-order valence-electron chi connectivity index (χ2n) is 4.61. The molecule has 3 heteroatoms. The van der Waals surface area contributed by atoms with Crippen molar-refractivity contribution in [1.29, 1.82) is 0 Å². The van der Waals surface area contributed by atoms with Gasteiger partial charge in [0.25, 0.3) is 0 Å². The molecular weight excluding hydrogens is 188 g/mol. The maximum absolute atomic E-state index is 12.0. The molecule has 0 aliphatic carbocycles. The second-order valence-corrected chi connectivity index (χ2v) is 4.61. The van der Waals surface area contributed by atoms with Crippen LogP contribution in [0, 0.1) is 5.92 Å². The number of carbonyl (C=O) groups is 1. The predicted molar refractivity (Wildman–Crippen MR) is 64.5 cm³/mol. The Labute approximate surface area is 93.3 Å². The van der Waals surface area contributed by atoms with E-state index in [9.17, 15) is 4.79 Å². The van der Waals surface area contributed by atoms with Gasteiger partial charge in [-0.05, 0) is 26.2 Å². The predicted octanol–water partition coefficient (Wildman–Crippen LogP) is 1.78. The molecule has 88 valence electrons. The van der Waals surface area contributed by atoms with Gasteiger partial charge in [-0.3, -0.25) is 4.79 Å². The van der Waals surface area contributed by atoms with E-state index in [0.717, 1.165) is 6.42 Å². The quantitative estimate of drug-likeness (QED) is 0.682. The smallest absolute Gasteiger partial charge is 0.240 e. The Morgan fingerprint density at radius 1 is 1.40 bits per heavy atom. The topological polar surface area (TPSA) is 46.3 Å². The fraction of sp³-hybridized carbons (Fsp3) is 0.750. The first-order valence-electron chi connectivity index (χ1n) is 5.57. The van der Waals surface area contributed by atoms with Crippen LogP contribution >= 0.6 is 0 Å². The van der Waals surface area contributed by atoms with E-state index in [2.05, 4.69) is 20.4 Å². The van der Waals surface area contributed by atoms with Crippen LogP contribution in [0.4, 0.5) is 0 Å². The summed E-state index contributed by atoms with van der Waals surface area (Å²) in [7, 11) is 0. The van der Waals surface area contributed by atoms with Crippen LogP contribution in [0.3, 0.4) is 0 Å². The summed E-state index contributed by atoms with van der Waals surface area (Å²) in [4.78, 5) is 13.7. The van der Waals surface area contributed by atoms with E-state index >= 15 is 0 Å². The average Bonchev–Trinajstić information content (AvgIpc) is 2.11. The normalized spacial score (nSPS) is 13.0. The molecule has 0 aromatic heterocycles. The molecule has 0 aromatic carbocycles. The van der Waals surface area contributed by atoms with Gasteiger partial charge in [-0.15, -0.1) is 6.58 Å². The maximum atomic E-state index is 12.0. The molecule has 0 saturated carbocycles. The van der Waals surface area contributed by atoms with Crippen molar-refractivity contribution >= 4 is 5.91 Å². The van der Waals surface area contributed by atoms with E-state index in [1.54, 1.807) is 11.0 Å². The van der Waals surface area contributed by atoms with Crippen molar-refractivity contribution in [2.75, 3.05) is 6.54 Å². The van der Waals surface area contributed by atoms with Crippen LogP contribution in [0.25, 0.3) is 0 Å². The molecule has 0 rings (SSSR count). The number of rotatable bonds is 6. The van der Waals surface area contributed by atoms with Gasteiger partial charge in [0, 0.05) is 12.6 Å². The summed E-state index contributed by atoms with van der Waals surface area (Å²) < 4.78 is 0. The van der Waals surface area contributed by atoms with Crippen molar-refractivity contribution in [3.8, 4) is 0 Å². The number of nitrogens with zero attached hydrogens (tertiary/aromatic N) is 1. The average molecular weight is 212 g/mol. The first-order chi connectivity index (χ1) is 6.90. The molecule has 0 bridgehead atoms. The maximum Gasteiger partial charge on any atom is 0.240 e. The van der Waals surface area contributed by atoms with E-state index in [1.807, 2.05) is 13.8 Å². The highest BCUT2D eigenvalue weighted by Crippen LogP contribution is 2.08. The molecule has 0 saturated heterocycles. The highest BCUT2D eigenvalue weighted by atomic mass is 16.2. The van der Waals surface area contributed by atoms with E-state index < -0.39 is 0 Å². The first-order valence-corrected chi connectivity index (χ1v) is 5.57. The number of carbonyl (C=O) groups excluding carboxylic acids is 1.